The minimum Gasteiger partial charge on any atom is -0.469 e. The molecule has 0 saturated heterocycles. The van der Waals surface area contributed by atoms with Crippen LogP contribution in [0.5, 0.6) is 5.75 Å². The maximum absolute atomic E-state index is 13.6. The summed E-state index contributed by atoms with van der Waals surface area (Å²) >= 11 is 4.68. The summed E-state index contributed by atoms with van der Waals surface area (Å²) in [5, 5.41) is 0. The van der Waals surface area contributed by atoms with Gasteiger partial charge in [0, 0.05) is 21.7 Å². The molecule has 2 aromatic heterocycles. The topological polar surface area (TPSA) is 83.0 Å². The lowest BCUT2D eigenvalue weighted by Crippen LogP contribution is -2.58. The van der Waals surface area contributed by atoms with E-state index in [-0.39, 0.29) is 5.56 Å². The molecule has 4 heterocycles. The van der Waals surface area contributed by atoms with Crippen molar-refractivity contribution in [2.75, 3.05) is 7.11 Å². The number of benzene rings is 2. The van der Waals surface area contributed by atoms with Crippen molar-refractivity contribution < 1.29 is 18.7 Å². The Hall–Kier alpha value is -3.43. The Morgan fingerprint density at radius 2 is 1.94 bits per heavy atom. The predicted octanol–water partition coefficient (Wildman–Crippen LogP) is 3.88. The number of nitrogens with zero attached hydrogens (tertiary/aromatic N) is 2. The van der Waals surface area contributed by atoms with Crippen LogP contribution < -0.4 is 19.6 Å². The summed E-state index contributed by atoms with van der Waals surface area (Å²) in [4.78, 5) is 31.7. The van der Waals surface area contributed by atoms with Crippen molar-refractivity contribution in [3.63, 3.8) is 0 Å². The number of furan rings is 1. The zero-order valence-corrected chi connectivity index (χ0v) is 21.1. The molecule has 0 unspecified atom stereocenters. The second kappa shape index (κ2) is 8.07. The number of ether oxygens (including phenoxy) is 2. The summed E-state index contributed by atoms with van der Waals surface area (Å²) < 4.78 is 20.3. The van der Waals surface area contributed by atoms with E-state index in [1.54, 1.807) is 17.6 Å². The smallest absolute Gasteiger partial charge is 0.317 e. The normalized spacial score (nSPS) is 22.5. The van der Waals surface area contributed by atoms with Crippen LogP contribution in [0.25, 0.3) is 17.4 Å². The van der Waals surface area contributed by atoms with Crippen LogP contribution in [0, 0.1) is 5.92 Å². The molecule has 0 radical (unpaired) electrons. The lowest BCUT2D eigenvalue weighted by molar-refractivity contribution is -0.158. The predicted molar refractivity (Wildman–Crippen MR) is 134 cm³/mol. The number of para-hydroxylation sites is 1. The molecule has 6 rings (SSSR count). The van der Waals surface area contributed by atoms with E-state index in [9.17, 15) is 9.59 Å². The lowest BCUT2D eigenvalue weighted by atomic mass is 9.81. The van der Waals surface area contributed by atoms with Crippen LogP contribution in [-0.4, -0.2) is 23.4 Å². The summed E-state index contributed by atoms with van der Waals surface area (Å²) in [5.74, 6) is 0.571. The Labute approximate surface area is 212 Å². The van der Waals surface area contributed by atoms with E-state index in [2.05, 4.69) is 15.9 Å². The second-order valence-electron chi connectivity index (χ2n) is 8.53. The third kappa shape index (κ3) is 3.49. The number of esters is 1. The van der Waals surface area contributed by atoms with Gasteiger partial charge in [-0.15, -0.1) is 0 Å². The standard InChI is InChI=1S/C26H19BrN2O5S/c1-26-21(24(31)32-2)22(17-5-3-4-6-19(17)34-26)29-23(30)20(35-25(29)28-26)13-16-11-12-18(33-16)14-7-9-15(27)10-8-14/h3-13,21-22H,1-2H3/b20-13+/t21-,22-,26+/m1/s1. The van der Waals surface area contributed by atoms with E-state index in [1.807, 2.05) is 60.7 Å². The van der Waals surface area contributed by atoms with Crippen molar-refractivity contribution in [3.05, 3.63) is 96.1 Å². The highest BCUT2D eigenvalue weighted by atomic mass is 79.9. The third-order valence-corrected chi connectivity index (χ3v) is 7.88. The van der Waals surface area contributed by atoms with E-state index in [1.165, 1.54) is 18.4 Å². The molecule has 0 aliphatic carbocycles. The fraction of sp³-hybridized carbons (Fsp3) is 0.192. The first-order valence-corrected chi connectivity index (χ1v) is 12.5. The number of rotatable bonds is 3. The first kappa shape index (κ1) is 22.1. The monoisotopic (exact) mass is 550 g/mol. The molecule has 0 N–H and O–H groups in total. The third-order valence-electron chi connectivity index (χ3n) is 6.36. The number of fused-ring (bicyclic) bond motifs is 6. The average molecular weight is 551 g/mol. The number of methoxy groups -OCH3 is 1. The number of carbonyl (C=O) groups excluding carboxylic acids is 1. The maximum Gasteiger partial charge on any atom is 0.317 e. The van der Waals surface area contributed by atoms with Gasteiger partial charge in [0.15, 0.2) is 4.80 Å². The van der Waals surface area contributed by atoms with Crippen LogP contribution in [-0.2, 0) is 9.53 Å². The molecule has 2 bridgehead atoms. The summed E-state index contributed by atoms with van der Waals surface area (Å²) in [5.41, 5.74) is 0.244. The number of halogens is 1. The molecular formula is C26H19BrN2O5S. The van der Waals surface area contributed by atoms with Gasteiger partial charge >= 0.3 is 5.97 Å². The number of aromatic nitrogens is 1. The number of carbonyl (C=O) groups is 1. The van der Waals surface area contributed by atoms with Gasteiger partial charge < -0.3 is 13.9 Å². The molecule has 0 saturated carbocycles. The lowest BCUT2D eigenvalue weighted by Gasteiger charge is -2.44. The molecule has 2 aromatic carbocycles. The van der Waals surface area contributed by atoms with Crippen molar-refractivity contribution in [1.82, 2.24) is 4.57 Å². The fourth-order valence-electron chi connectivity index (χ4n) is 4.76. The van der Waals surface area contributed by atoms with Gasteiger partial charge in [-0.25, -0.2) is 4.99 Å². The van der Waals surface area contributed by atoms with Gasteiger partial charge in [-0.1, -0.05) is 57.6 Å². The number of hydrogen-bond acceptors (Lipinski definition) is 7. The Balaban J connectivity index is 1.51. The van der Waals surface area contributed by atoms with Crippen molar-refractivity contribution in [3.8, 4) is 17.1 Å². The molecular weight excluding hydrogens is 532 g/mol. The number of hydrogen-bond donors (Lipinski definition) is 0. The Morgan fingerprint density at radius 1 is 1.17 bits per heavy atom. The largest absolute Gasteiger partial charge is 0.469 e. The van der Waals surface area contributed by atoms with E-state index >= 15 is 0 Å². The summed E-state index contributed by atoms with van der Waals surface area (Å²) in [6.07, 6.45) is 1.71. The van der Waals surface area contributed by atoms with Crippen molar-refractivity contribution in [1.29, 1.82) is 0 Å². The molecule has 4 aromatic rings. The van der Waals surface area contributed by atoms with Crippen LogP contribution >= 0.6 is 27.3 Å². The average Bonchev–Trinajstić information content (AvgIpc) is 3.42. The van der Waals surface area contributed by atoms with Gasteiger partial charge in [0.25, 0.3) is 5.56 Å². The molecule has 35 heavy (non-hydrogen) atoms. The Kier molecular flexibility index (Phi) is 5.08. The van der Waals surface area contributed by atoms with Crippen LogP contribution in [0.1, 0.15) is 24.3 Å². The van der Waals surface area contributed by atoms with E-state index < -0.39 is 23.7 Å². The van der Waals surface area contributed by atoms with Crippen LogP contribution in [0.4, 0.5) is 0 Å². The summed E-state index contributed by atoms with van der Waals surface area (Å²) in [7, 11) is 1.33. The second-order valence-corrected chi connectivity index (χ2v) is 10.5. The molecule has 2 aliphatic heterocycles. The highest BCUT2D eigenvalue weighted by Crippen LogP contribution is 2.47. The minimum atomic E-state index is -1.19. The quantitative estimate of drug-likeness (QED) is 0.361. The van der Waals surface area contributed by atoms with Gasteiger partial charge in [-0.2, -0.15) is 0 Å². The maximum atomic E-state index is 13.6. The molecule has 176 valence electrons. The molecule has 0 fully saturated rings. The highest BCUT2D eigenvalue weighted by Gasteiger charge is 2.55. The molecule has 9 heteroatoms. The van der Waals surface area contributed by atoms with Crippen LogP contribution in [0.2, 0.25) is 0 Å². The van der Waals surface area contributed by atoms with Gasteiger partial charge in [0.1, 0.15) is 23.2 Å². The molecule has 7 nitrogen and oxygen atoms in total. The van der Waals surface area contributed by atoms with Gasteiger partial charge in [-0.3, -0.25) is 14.2 Å². The van der Waals surface area contributed by atoms with Crippen molar-refractivity contribution >= 4 is 39.3 Å². The molecule has 2 aliphatic rings. The van der Waals surface area contributed by atoms with E-state index in [0.29, 0.717) is 26.6 Å². The number of thiazole rings is 1. The first-order valence-electron chi connectivity index (χ1n) is 10.9. The summed E-state index contributed by atoms with van der Waals surface area (Å²) in [6.45, 7) is 1.76. The SMILES string of the molecule is COC(=O)[C@H]1[C@H]2c3ccccc3O[C@]1(C)N=c1s/c(=C/c3ccc(-c4ccc(Br)cc4)o3)c(=O)n12. The Bertz CT molecular complexity index is 1650. The molecule has 0 amide bonds. The molecule has 3 atom stereocenters. The van der Waals surface area contributed by atoms with Gasteiger partial charge in [0.05, 0.1) is 17.7 Å². The first-order chi connectivity index (χ1) is 16.9. The van der Waals surface area contributed by atoms with E-state index in [4.69, 9.17) is 18.9 Å². The van der Waals surface area contributed by atoms with E-state index in [0.717, 1.165) is 15.6 Å². The van der Waals surface area contributed by atoms with Crippen molar-refractivity contribution in [2.24, 2.45) is 10.9 Å². The highest BCUT2D eigenvalue weighted by molar-refractivity contribution is 9.10. The summed E-state index contributed by atoms with van der Waals surface area (Å²) in [6, 6.07) is 18.3. The van der Waals surface area contributed by atoms with Gasteiger partial charge in [0.2, 0.25) is 5.72 Å². The van der Waals surface area contributed by atoms with Crippen LogP contribution in [0.3, 0.4) is 0 Å². The minimum absolute atomic E-state index is 0.243. The van der Waals surface area contributed by atoms with Crippen LogP contribution in [0.15, 0.2) is 79.3 Å². The van der Waals surface area contributed by atoms with Crippen molar-refractivity contribution in [2.45, 2.75) is 18.7 Å². The molecule has 0 spiro atoms. The fourth-order valence-corrected chi connectivity index (χ4v) is 6.10. The van der Waals surface area contributed by atoms with Gasteiger partial charge in [-0.05, 0) is 37.3 Å². The zero-order valence-electron chi connectivity index (χ0n) is 18.7. The zero-order chi connectivity index (χ0) is 24.3. The Morgan fingerprint density at radius 3 is 2.71 bits per heavy atom.